The van der Waals surface area contributed by atoms with Crippen LogP contribution >= 0.6 is 34.8 Å². The summed E-state index contributed by atoms with van der Waals surface area (Å²) < 4.78 is 7.12. The van der Waals surface area contributed by atoms with Crippen molar-refractivity contribution in [2.75, 3.05) is 7.11 Å². The highest BCUT2D eigenvalue weighted by Crippen LogP contribution is 2.24. The number of hydrogen-bond acceptors (Lipinski definition) is 3. The molecule has 3 aromatic rings. The van der Waals surface area contributed by atoms with Crippen molar-refractivity contribution in [3.8, 4) is 5.75 Å². The van der Waals surface area contributed by atoms with Gasteiger partial charge in [-0.15, -0.1) is 0 Å². The third-order valence-electron chi connectivity index (χ3n) is 3.87. The number of nitrogens with zero attached hydrogens (tertiary/aromatic N) is 2. The van der Waals surface area contributed by atoms with E-state index in [-0.39, 0.29) is 5.78 Å². The number of rotatable bonds is 6. The molecule has 2 aromatic carbocycles. The number of methoxy groups -OCH3 is 1. The Labute approximate surface area is 171 Å². The van der Waals surface area contributed by atoms with Crippen LogP contribution in [0.1, 0.15) is 21.5 Å². The summed E-state index contributed by atoms with van der Waals surface area (Å²) in [6, 6.07) is 10.5. The maximum atomic E-state index is 12.3. The van der Waals surface area contributed by atoms with Gasteiger partial charge in [-0.3, -0.25) is 9.48 Å². The van der Waals surface area contributed by atoms with Crippen molar-refractivity contribution >= 4 is 46.7 Å². The third-order valence-corrected chi connectivity index (χ3v) is 4.80. The number of carbonyl (C=O) groups is 1. The molecule has 0 aliphatic heterocycles. The number of hydrogen-bond donors (Lipinski definition) is 0. The topological polar surface area (TPSA) is 44.1 Å². The molecule has 0 radical (unpaired) electrons. The van der Waals surface area contributed by atoms with Gasteiger partial charge in [-0.2, -0.15) is 5.10 Å². The third kappa shape index (κ3) is 4.92. The van der Waals surface area contributed by atoms with E-state index in [9.17, 15) is 4.79 Å². The maximum absolute atomic E-state index is 12.3. The quantitative estimate of drug-likeness (QED) is 0.373. The van der Waals surface area contributed by atoms with Gasteiger partial charge in [-0.25, -0.2) is 0 Å². The molecule has 0 N–H and O–H groups in total. The second-order valence-corrected chi connectivity index (χ2v) is 7.00. The van der Waals surface area contributed by atoms with Crippen molar-refractivity contribution in [3.05, 3.63) is 86.6 Å². The predicted molar refractivity (Wildman–Crippen MR) is 109 cm³/mol. The first kappa shape index (κ1) is 19.5. The monoisotopic (exact) mass is 420 g/mol. The zero-order chi connectivity index (χ0) is 19.4. The first-order valence-electron chi connectivity index (χ1n) is 7.98. The lowest BCUT2D eigenvalue weighted by atomic mass is 10.1. The lowest BCUT2D eigenvalue weighted by Gasteiger charge is -2.09. The van der Waals surface area contributed by atoms with Crippen LogP contribution in [0.5, 0.6) is 5.75 Å². The minimum Gasteiger partial charge on any atom is -0.496 e. The fourth-order valence-electron chi connectivity index (χ4n) is 2.54. The fraction of sp³-hybridized carbons (Fsp3) is 0.100. The molecule has 0 unspecified atom stereocenters. The minimum absolute atomic E-state index is 0.162. The van der Waals surface area contributed by atoms with Gasteiger partial charge in [0.1, 0.15) is 5.75 Å². The lowest BCUT2D eigenvalue weighted by molar-refractivity contribution is 0.104. The molecule has 0 aliphatic carbocycles. The summed E-state index contributed by atoms with van der Waals surface area (Å²) in [4.78, 5) is 12.3. The van der Waals surface area contributed by atoms with Crippen molar-refractivity contribution in [1.29, 1.82) is 0 Å². The summed E-state index contributed by atoms with van der Waals surface area (Å²) in [5, 5.41) is 5.51. The average molecular weight is 422 g/mol. The molecular weight excluding hydrogens is 407 g/mol. The standard InChI is InChI=1S/C20H15Cl3N2O2/c1-27-20-7-3-13(8-15(20)11-25-12-16(21)10-24-25)2-6-19(26)14-4-5-17(22)18(23)9-14/h2-10,12H,11H2,1H3/b6-2+. The summed E-state index contributed by atoms with van der Waals surface area (Å²) in [7, 11) is 1.61. The first-order chi connectivity index (χ1) is 13.0. The average Bonchev–Trinajstić information content (AvgIpc) is 3.07. The van der Waals surface area contributed by atoms with Gasteiger partial charge in [-0.05, 0) is 42.0 Å². The van der Waals surface area contributed by atoms with Crippen molar-refractivity contribution in [3.63, 3.8) is 0 Å². The number of halogens is 3. The van der Waals surface area contributed by atoms with E-state index >= 15 is 0 Å². The molecule has 0 spiro atoms. The molecule has 27 heavy (non-hydrogen) atoms. The number of ether oxygens (including phenoxy) is 1. The highest BCUT2D eigenvalue weighted by Gasteiger charge is 2.08. The van der Waals surface area contributed by atoms with Crippen LogP contribution in [0.15, 0.2) is 54.9 Å². The zero-order valence-electron chi connectivity index (χ0n) is 14.3. The van der Waals surface area contributed by atoms with Gasteiger partial charge in [0, 0.05) is 17.3 Å². The Morgan fingerprint density at radius 2 is 1.96 bits per heavy atom. The van der Waals surface area contributed by atoms with Crippen molar-refractivity contribution < 1.29 is 9.53 Å². The SMILES string of the molecule is COc1ccc(/C=C/C(=O)c2ccc(Cl)c(Cl)c2)cc1Cn1cc(Cl)cn1. The van der Waals surface area contributed by atoms with Gasteiger partial charge in [0.15, 0.2) is 5.78 Å². The van der Waals surface area contributed by atoms with E-state index in [1.807, 2.05) is 18.2 Å². The van der Waals surface area contributed by atoms with Crippen LogP contribution < -0.4 is 4.74 Å². The van der Waals surface area contributed by atoms with Gasteiger partial charge in [0.25, 0.3) is 0 Å². The van der Waals surface area contributed by atoms with Crippen molar-refractivity contribution in [1.82, 2.24) is 9.78 Å². The molecular formula is C20H15Cl3N2O2. The number of carbonyl (C=O) groups excluding carboxylic acids is 1. The molecule has 0 bridgehead atoms. The number of allylic oxidation sites excluding steroid dienone is 1. The second kappa shape index (κ2) is 8.61. The molecule has 7 heteroatoms. The van der Waals surface area contributed by atoms with Crippen LogP contribution in [0.25, 0.3) is 6.08 Å². The van der Waals surface area contributed by atoms with Gasteiger partial charge >= 0.3 is 0 Å². The minimum atomic E-state index is -0.162. The summed E-state index contributed by atoms with van der Waals surface area (Å²) in [5.74, 6) is 0.569. The summed E-state index contributed by atoms with van der Waals surface area (Å²) in [5.41, 5.74) is 2.25. The van der Waals surface area contributed by atoms with Crippen molar-refractivity contribution in [2.24, 2.45) is 0 Å². The highest BCUT2D eigenvalue weighted by molar-refractivity contribution is 6.42. The molecule has 0 atom stereocenters. The number of aromatic nitrogens is 2. The normalized spacial score (nSPS) is 11.1. The highest BCUT2D eigenvalue weighted by atomic mass is 35.5. The Balaban J connectivity index is 1.81. The van der Waals surface area contributed by atoms with Crippen LogP contribution in [0.2, 0.25) is 15.1 Å². The number of benzene rings is 2. The molecule has 0 aliphatic rings. The maximum Gasteiger partial charge on any atom is 0.185 e. The van der Waals surface area contributed by atoms with Gasteiger partial charge in [0.2, 0.25) is 0 Å². The Kier molecular flexibility index (Phi) is 6.22. The van der Waals surface area contributed by atoms with E-state index in [1.165, 1.54) is 6.08 Å². The molecule has 1 aromatic heterocycles. The molecule has 1 heterocycles. The van der Waals surface area contributed by atoms with Crippen LogP contribution in [-0.4, -0.2) is 22.7 Å². The Bertz CT molecular complexity index is 1010. The Morgan fingerprint density at radius 1 is 1.15 bits per heavy atom. The molecule has 0 saturated heterocycles. The van der Waals surface area contributed by atoms with Crippen LogP contribution in [0.4, 0.5) is 0 Å². The van der Waals surface area contributed by atoms with E-state index in [2.05, 4.69) is 5.10 Å². The summed E-state index contributed by atoms with van der Waals surface area (Å²) in [6.07, 6.45) is 6.55. The predicted octanol–water partition coefficient (Wildman–Crippen LogP) is 5.80. The molecule has 0 fully saturated rings. The van der Waals surface area contributed by atoms with E-state index in [4.69, 9.17) is 39.5 Å². The van der Waals surface area contributed by atoms with Crippen LogP contribution in [0.3, 0.4) is 0 Å². The van der Waals surface area contributed by atoms with Crippen molar-refractivity contribution in [2.45, 2.75) is 6.54 Å². The van der Waals surface area contributed by atoms with E-state index in [0.29, 0.717) is 27.2 Å². The molecule has 0 amide bonds. The van der Waals surface area contributed by atoms with Gasteiger partial charge < -0.3 is 4.74 Å². The van der Waals surface area contributed by atoms with Gasteiger partial charge in [0.05, 0.1) is 34.9 Å². The smallest absolute Gasteiger partial charge is 0.185 e. The fourth-order valence-corrected chi connectivity index (χ4v) is 3.00. The zero-order valence-corrected chi connectivity index (χ0v) is 16.6. The van der Waals surface area contributed by atoms with E-state index < -0.39 is 0 Å². The molecule has 4 nitrogen and oxygen atoms in total. The van der Waals surface area contributed by atoms with Crippen LogP contribution in [-0.2, 0) is 6.54 Å². The first-order valence-corrected chi connectivity index (χ1v) is 9.12. The number of ketones is 1. The summed E-state index contributed by atoms with van der Waals surface area (Å²) in [6.45, 7) is 0.498. The Hall–Kier alpha value is -2.27. The van der Waals surface area contributed by atoms with Gasteiger partial charge in [-0.1, -0.05) is 46.9 Å². The molecule has 0 saturated carbocycles. The second-order valence-electron chi connectivity index (χ2n) is 5.75. The Morgan fingerprint density at radius 3 is 2.63 bits per heavy atom. The van der Waals surface area contributed by atoms with E-state index in [1.54, 1.807) is 48.5 Å². The molecule has 138 valence electrons. The largest absolute Gasteiger partial charge is 0.496 e. The molecule has 3 rings (SSSR count). The van der Waals surface area contributed by atoms with Crippen LogP contribution in [0, 0.1) is 0 Å². The lowest BCUT2D eigenvalue weighted by Crippen LogP contribution is -2.02. The van der Waals surface area contributed by atoms with E-state index in [0.717, 1.165) is 16.9 Å². The summed E-state index contributed by atoms with van der Waals surface area (Å²) >= 11 is 17.8.